The number of aromatic hydroxyl groups is 2. The number of carboxylic acid groups (broad SMARTS) is 2. The predicted octanol–water partition coefficient (Wildman–Crippen LogP) is -1.74. The van der Waals surface area contributed by atoms with Crippen LogP contribution in [0.2, 0.25) is 0 Å². The second-order valence-electron chi connectivity index (χ2n) is 9.18. The van der Waals surface area contributed by atoms with Crippen LogP contribution in [-0.2, 0) is 66.2 Å². The Labute approximate surface area is 246 Å². The minimum absolute atomic E-state index is 0. The van der Waals surface area contributed by atoms with Gasteiger partial charge in [0.15, 0.2) is 0 Å². The molecule has 2 aromatic rings. The summed E-state index contributed by atoms with van der Waals surface area (Å²) in [7, 11) is 0. The van der Waals surface area contributed by atoms with Crippen molar-refractivity contribution < 1.29 is 77.7 Å². The minimum atomic E-state index is -1.34. The van der Waals surface area contributed by atoms with Gasteiger partial charge in [0.1, 0.15) is 11.5 Å². The topological polar surface area (TPSA) is 243 Å². The monoisotopic (exact) mass is 624 g/mol. The third kappa shape index (κ3) is 9.34. The molecule has 2 atom stereocenters. The summed E-state index contributed by atoms with van der Waals surface area (Å²) in [6.07, 6.45) is 0. The maximum atomic E-state index is 11.8. The van der Waals surface area contributed by atoms with Crippen LogP contribution in [0.3, 0.4) is 0 Å². The van der Waals surface area contributed by atoms with E-state index in [-0.39, 0.29) is 69.5 Å². The van der Waals surface area contributed by atoms with Crippen LogP contribution in [-0.4, -0.2) is 111 Å². The van der Waals surface area contributed by atoms with Gasteiger partial charge in [0, 0.05) is 24.2 Å². The normalized spacial score (nSPS) is 12.8. The number of carbonyl (C=O) groups is 2. The molecule has 2 rings (SSSR count). The van der Waals surface area contributed by atoms with Crippen LogP contribution in [0.15, 0.2) is 24.3 Å². The van der Waals surface area contributed by atoms with E-state index in [1.165, 1.54) is 34.1 Å². The van der Waals surface area contributed by atoms with Gasteiger partial charge in [-0.1, -0.05) is 12.1 Å². The molecule has 41 heavy (non-hydrogen) atoms. The van der Waals surface area contributed by atoms with Crippen molar-refractivity contribution in [1.29, 1.82) is 0 Å². The largest absolute Gasteiger partial charge is 2.00 e. The molecule has 228 valence electrons. The van der Waals surface area contributed by atoms with Crippen molar-refractivity contribution in [2.24, 2.45) is 0 Å². The number of rotatable bonds is 17. The molecule has 0 aliphatic heterocycles. The number of nitrogens with zero attached hydrogens (tertiary/aromatic N) is 2. The smallest absolute Gasteiger partial charge is 0.508 e. The van der Waals surface area contributed by atoms with Crippen molar-refractivity contribution in [3.8, 4) is 11.5 Å². The van der Waals surface area contributed by atoms with E-state index in [0.717, 1.165) is 0 Å². The van der Waals surface area contributed by atoms with Gasteiger partial charge < -0.3 is 51.1 Å². The van der Waals surface area contributed by atoms with Crippen molar-refractivity contribution in [1.82, 2.24) is 9.80 Å². The second kappa shape index (κ2) is 17.2. The van der Waals surface area contributed by atoms with E-state index in [4.69, 9.17) is 0 Å². The SMILES string of the molecule is O=C(O)CN(Cc1c(O)ccc(CO)c1CO)C(CO)[C@@H](CO)N(CC(=O)O)Cc1c(O)cc(CO)cc1CO.[Fe+2]. The number of aliphatic hydroxyl groups is 6. The van der Waals surface area contributed by atoms with E-state index >= 15 is 0 Å². The first-order valence-electron chi connectivity index (χ1n) is 12.3. The fourth-order valence-corrected chi connectivity index (χ4v) is 4.74. The van der Waals surface area contributed by atoms with Gasteiger partial charge in [-0.05, 0) is 34.4 Å². The summed E-state index contributed by atoms with van der Waals surface area (Å²) in [5.41, 5.74) is 1.04. The van der Waals surface area contributed by atoms with Crippen molar-refractivity contribution in [2.45, 2.75) is 51.6 Å². The Hall–Kier alpha value is -2.82. The molecule has 15 heteroatoms. The molecule has 0 saturated carbocycles. The maximum Gasteiger partial charge on any atom is 2.00 e. The Morgan fingerprint density at radius 1 is 0.634 bits per heavy atom. The predicted molar refractivity (Wildman–Crippen MR) is 138 cm³/mol. The first-order chi connectivity index (χ1) is 19.0. The first-order valence-corrected chi connectivity index (χ1v) is 12.3. The number of aliphatic carboxylic acids is 2. The van der Waals surface area contributed by atoms with Gasteiger partial charge >= 0.3 is 29.0 Å². The third-order valence-corrected chi connectivity index (χ3v) is 6.72. The molecule has 0 radical (unpaired) electrons. The summed E-state index contributed by atoms with van der Waals surface area (Å²) >= 11 is 0. The van der Waals surface area contributed by atoms with Gasteiger partial charge in [0.25, 0.3) is 0 Å². The van der Waals surface area contributed by atoms with Crippen molar-refractivity contribution in [3.63, 3.8) is 0 Å². The Morgan fingerprint density at radius 3 is 1.56 bits per heavy atom. The zero-order valence-electron chi connectivity index (χ0n) is 22.1. The standard InChI is InChI=1S/C26H36N2O12.Fe/c29-9-15-3-17(11-31)18(24(36)4-15)5-27(7-25(37)38)21(13-33)22(14-34)28(8-26(39)40)6-19-20(12-32)16(10-30)1-2-23(19)35;/h1-4,21-22,29-36H,5-14H2,(H,37,38)(H,39,40);/q;+2/t21-,22?;/m1./s1. The molecule has 0 aliphatic rings. The molecule has 0 spiro atoms. The average Bonchev–Trinajstić information content (AvgIpc) is 2.91. The van der Waals surface area contributed by atoms with Crippen LogP contribution in [0.25, 0.3) is 0 Å². The summed E-state index contributed by atoms with van der Waals surface area (Å²) in [5, 5.41) is 99.7. The average molecular weight is 624 g/mol. The summed E-state index contributed by atoms with van der Waals surface area (Å²) < 4.78 is 0. The minimum Gasteiger partial charge on any atom is -0.508 e. The summed E-state index contributed by atoms with van der Waals surface area (Å²) in [4.78, 5) is 25.9. The number of hydrogen-bond acceptors (Lipinski definition) is 12. The number of carboxylic acids is 2. The molecule has 0 amide bonds. The molecule has 2 aromatic carbocycles. The maximum absolute atomic E-state index is 11.8. The summed E-state index contributed by atoms with van der Waals surface area (Å²) in [6, 6.07) is 2.78. The molecular weight excluding hydrogens is 588 g/mol. The van der Waals surface area contributed by atoms with Gasteiger partial charge in [-0.15, -0.1) is 0 Å². The second-order valence-corrected chi connectivity index (χ2v) is 9.18. The fourth-order valence-electron chi connectivity index (χ4n) is 4.74. The quantitative estimate of drug-likeness (QED) is 0.0879. The summed E-state index contributed by atoms with van der Waals surface area (Å²) in [6.45, 7) is -5.81. The van der Waals surface area contributed by atoms with Crippen LogP contribution >= 0.6 is 0 Å². The van der Waals surface area contributed by atoms with Gasteiger partial charge in [-0.2, -0.15) is 0 Å². The van der Waals surface area contributed by atoms with Crippen molar-refractivity contribution in [2.75, 3.05) is 26.3 Å². The molecule has 0 bridgehead atoms. The molecule has 0 heterocycles. The molecule has 0 fully saturated rings. The number of hydrogen-bond donors (Lipinski definition) is 10. The fraction of sp³-hybridized carbons (Fsp3) is 0.462. The van der Waals surface area contributed by atoms with Gasteiger partial charge in [0.05, 0.1) is 64.8 Å². The number of phenols is 2. The Balaban J connectivity index is 0.00000840. The molecule has 0 aromatic heterocycles. The summed E-state index contributed by atoms with van der Waals surface area (Å²) in [5.74, 6) is -3.36. The third-order valence-electron chi connectivity index (χ3n) is 6.72. The van der Waals surface area contributed by atoms with Crippen LogP contribution < -0.4 is 0 Å². The molecule has 10 N–H and O–H groups in total. The van der Waals surface area contributed by atoms with E-state index in [9.17, 15) is 60.7 Å². The first kappa shape index (κ1) is 36.2. The van der Waals surface area contributed by atoms with Crippen LogP contribution in [0.4, 0.5) is 0 Å². The van der Waals surface area contributed by atoms with E-state index in [2.05, 4.69) is 0 Å². The van der Waals surface area contributed by atoms with Gasteiger partial charge in [0.2, 0.25) is 0 Å². The van der Waals surface area contributed by atoms with E-state index in [1.54, 1.807) is 0 Å². The Morgan fingerprint density at radius 2 is 1.15 bits per heavy atom. The van der Waals surface area contributed by atoms with Crippen LogP contribution in [0, 0.1) is 0 Å². The molecule has 1 unspecified atom stereocenters. The number of aliphatic hydroxyl groups excluding tert-OH is 6. The van der Waals surface area contributed by atoms with Crippen LogP contribution in [0.1, 0.15) is 33.4 Å². The zero-order valence-corrected chi connectivity index (χ0v) is 23.2. The molecule has 0 saturated heterocycles. The van der Waals surface area contributed by atoms with Crippen molar-refractivity contribution in [3.05, 3.63) is 57.6 Å². The number of benzene rings is 2. The molecular formula is C26H36FeN2O12+2. The van der Waals surface area contributed by atoms with Crippen LogP contribution in [0.5, 0.6) is 11.5 Å². The molecule has 14 nitrogen and oxygen atoms in total. The Kier molecular flexibility index (Phi) is 15.2. The van der Waals surface area contributed by atoms with Crippen molar-refractivity contribution >= 4 is 11.9 Å². The van der Waals surface area contributed by atoms with Gasteiger partial charge in [-0.25, -0.2) is 0 Å². The Bertz CT molecular complexity index is 1170. The van der Waals surface area contributed by atoms with E-state index < -0.39 is 76.8 Å². The van der Waals surface area contributed by atoms with E-state index in [0.29, 0.717) is 5.56 Å². The molecule has 0 aliphatic carbocycles. The van der Waals surface area contributed by atoms with E-state index in [1.807, 2.05) is 0 Å². The zero-order chi connectivity index (χ0) is 30.0. The number of phenolic OH excluding ortho intramolecular Hbond substituents is 2. The van der Waals surface area contributed by atoms with Gasteiger partial charge in [-0.3, -0.25) is 19.4 Å².